The Labute approximate surface area is 154 Å². The number of hydrogen-bond donors (Lipinski definition) is 3. The lowest BCUT2D eigenvalue weighted by atomic mass is 10.2. The van der Waals surface area contributed by atoms with Crippen molar-refractivity contribution in [3.63, 3.8) is 0 Å². The lowest BCUT2D eigenvalue weighted by Gasteiger charge is -2.09. The maximum Gasteiger partial charge on any atom is 0.335 e. The van der Waals surface area contributed by atoms with E-state index in [0.29, 0.717) is 17.1 Å². The van der Waals surface area contributed by atoms with E-state index in [2.05, 4.69) is 10.6 Å². The number of thioether (sulfide) groups is 1. The largest absolute Gasteiger partial charge is 0.495 e. The molecule has 0 saturated heterocycles. The van der Waals surface area contributed by atoms with Crippen LogP contribution in [0, 0.1) is 0 Å². The molecule has 2 amide bonds. The molecule has 0 bridgehead atoms. The molecule has 0 aliphatic heterocycles. The van der Waals surface area contributed by atoms with Gasteiger partial charge in [0.2, 0.25) is 11.8 Å². The minimum atomic E-state index is -1.03. The number of carboxylic acid groups (broad SMARTS) is 1. The predicted molar refractivity (Wildman–Crippen MR) is 101 cm³/mol. The molecule has 26 heavy (non-hydrogen) atoms. The number of carbonyl (C=O) groups is 3. The standard InChI is InChI=1S/C18H18N2O5S/c1-25-15-5-3-2-4-14(15)20-17(22)11-26-10-16(21)19-13-8-6-12(7-9-13)18(23)24/h2-9H,10-11H2,1H3,(H,19,21)(H,20,22)(H,23,24). The topological polar surface area (TPSA) is 105 Å². The summed E-state index contributed by atoms with van der Waals surface area (Å²) in [5.74, 6) is -0.766. The number of carboxylic acids is 1. The highest BCUT2D eigenvalue weighted by molar-refractivity contribution is 8.00. The number of amides is 2. The second-order valence-electron chi connectivity index (χ2n) is 5.17. The van der Waals surface area contributed by atoms with Gasteiger partial charge in [0.25, 0.3) is 0 Å². The number of rotatable bonds is 8. The summed E-state index contributed by atoms with van der Waals surface area (Å²) in [7, 11) is 1.52. The molecule has 2 aromatic carbocycles. The van der Waals surface area contributed by atoms with Crippen molar-refractivity contribution in [1.29, 1.82) is 0 Å². The summed E-state index contributed by atoms with van der Waals surface area (Å²) < 4.78 is 5.16. The summed E-state index contributed by atoms with van der Waals surface area (Å²) in [6, 6.07) is 12.9. The SMILES string of the molecule is COc1ccccc1NC(=O)CSCC(=O)Nc1ccc(C(=O)O)cc1. The molecule has 7 nitrogen and oxygen atoms in total. The highest BCUT2D eigenvalue weighted by Crippen LogP contribution is 2.23. The van der Waals surface area contributed by atoms with Gasteiger partial charge in [0.1, 0.15) is 5.75 Å². The van der Waals surface area contributed by atoms with E-state index in [-0.39, 0.29) is 28.9 Å². The number of carbonyl (C=O) groups excluding carboxylic acids is 2. The Hall–Kier alpha value is -3.00. The Morgan fingerprint density at radius 1 is 0.962 bits per heavy atom. The zero-order chi connectivity index (χ0) is 18.9. The van der Waals surface area contributed by atoms with E-state index in [1.165, 1.54) is 43.1 Å². The summed E-state index contributed by atoms with van der Waals surface area (Å²) in [4.78, 5) is 34.6. The average molecular weight is 374 g/mol. The monoisotopic (exact) mass is 374 g/mol. The summed E-state index contributed by atoms with van der Waals surface area (Å²) in [5, 5.41) is 14.2. The molecule has 2 aromatic rings. The fourth-order valence-electron chi connectivity index (χ4n) is 2.06. The van der Waals surface area contributed by atoms with Gasteiger partial charge in [0.15, 0.2) is 0 Å². The van der Waals surface area contributed by atoms with E-state index in [9.17, 15) is 14.4 Å². The molecule has 136 valence electrons. The fraction of sp³-hybridized carbons (Fsp3) is 0.167. The van der Waals surface area contributed by atoms with Crippen LogP contribution in [-0.2, 0) is 9.59 Å². The third-order valence-electron chi connectivity index (χ3n) is 3.26. The zero-order valence-corrected chi connectivity index (χ0v) is 14.8. The molecule has 0 spiro atoms. The number of para-hydroxylation sites is 2. The van der Waals surface area contributed by atoms with Gasteiger partial charge in [-0.25, -0.2) is 4.79 Å². The van der Waals surface area contributed by atoms with Crippen molar-refractivity contribution >= 4 is 40.9 Å². The van der Waals surface area contributed by atoms with Gasteiger partial charge in [-0.3, -0.25) is 9.59 Å². The van der Waals surface area contributed by atoms with E-state index in [0.717, 1.165) is 0 Å². The lowest BCUT2D eigenvalue weighted by Crippen LogP contribution is -2.18. The summed E-state index contributed by atoms with van der Waals surface area (Å²) in [5.41, 5.74) is 1.22. The molecular formula is C18H18N2O5S. The highest BCUT2D eigenvalue weighted by Gasteiger charge is 2.09. The maximum absolute atomic E-state index is 11.9. The van der Waals surface area contributed by atoms with Crippen molar-refractivity contribution in [2.75, 3.05) is 29.2 Å². The average Bonchev–Trinajstić information content (AvgIpc) is 2.62. The summed E-state index contributed by atoms with van der Waals surface area (Å²) >= 11 is 1.17. The van der Waals surface area contributed by atoms with Crippen molar-refractivity contribution in [3.05, 3.63) is 54.1 Å². The molecule has 0 saturated carbocycles. The minimum absolute atomic E-state index is 0.0972. The molecule has 0 unspecified atom stereocenters. The van der Waals surface area contributed by atoms with Crippen LogP contribution in [0.5, 0.6) is 5.75 Å². The maximum atomic E-state index is 11.9. The first-order valence-corrected chi connectivity index (χ1v) is 8.79. The van der Waals surface area contributed by atoms with E-state index < -0.39 is 5.97 Å². The van der Waals surface area contributed by atoms with Gasteiger partial charge in [-0.05, 0) is 36.4 Å². The predicted octanol–water partition coefficient (Wildman–Crippen LogP) is 2.70. The first kappa shape index (κ1) is 19.3. The van der Waals surface area contributed by atoms with Crippen LogP contribution in [0.4, 0.5) is 11.4 Å². The highest BCUT2D eigenvalue weighted by atomic mass is 32.2. The van der Waals surface area contributed by atoms with Crippen LogP contribution in [0.2, 0.25) is 0 Å². The number of aromatic carboxylic acids is 1. The Bertz CT molecular complexity index is 792. The number of benzene rings is 2. The van der Waals surface area contributed by atoms with E-state index >= 15 is 0 Å². The van der Waals surface area contributed by atoms with Gasteiger partial charge in [-0.15, -0.1) is 11.8 Å². The zero-order valence-electron chi connectivity index (χ0n) is 14.0. The second-order valence-corrected chi connectivity index (χ2v) is 6.16. The smallest absolute Gasteiger partial charge is 0.335 e. The Morgan fingerprint density at radius 3 is 2.19 bits per heavy atom. The van der Waals surface area contributed by atoms with Crippen LogP contribution in [0.25, 0.3) is 0 Å². The summed E-state index contributed by atoms with van der Waals surface area (Å²) in [6.07, 6.45) is 0. The van der Waals surface area contributed by atoms with Gasteiger partial charge < -0.3 is 20.5 Å². The Balaban J connectivity index is 1.75. The van der Waals surface area contributed by atoms with Crippen LogP contribution >= 0.6 is 11.8 Å². The van der Waals surface area contributed by atoms with Crippen LogP contribution < -0.4 is 15.4 Å². The molecule has 3 N–H and O–H groups in total. The minimum Gasteiger partial charge on any atom is -0.495 e. The van der Waals surface area contributed by atoms with Crippen LogP contribution in [0.3, 0.4) is 0 Å². The van der Waals surface area contributed by atoms with Crippen molar-refractivity contribution in [2.24, 2.45) is 0 Å². The Kier molecular flexibility index (Phi) is 7.04. The molecule has 0 fully saturated rings. The fourth-order valence-corrected chi connectivity index (χ4v) is 2.68. The van der Waals surface area contributed by atoms with Crippen molar-refractivity contribution in [3.8, 4) is 5.75 Å². The second kappa shape index (κ2) is 9.47. The molecule has 0 heterocycles. The van der Waals surface area contributed by atoms with Crippen LogP contribution in [0.15, 0.2) is 48.5 Å². The van der Waals surface area contributed by atoms with Crippen molar-refractivity contribution < 1.29 is 24.2 Å². The van der Waals surface area contributed by atoms with Crippen molar-refractivity contribution in [1.82, 2.24) is 0 Å². The molecule has 0 aromatic heterocycles. The van der Waals surface area contributed by atoms with Gasteiger partial charge in [0.05, 0.1) is 29.9 Å². The quantitative estimate of drug-likeness (QED) is 0.656. The lowest BCUT2D eigenvalue weighted by molar-refractivity contribution is -0.114. The molecular weight excluding hydrogens is 356 g/mol. The molecule has 8 heteroatoms. The molecule has 0 radical (unpaired) electrons. The van der Waals surface area contributed by atoms with Gasteiger partial charge in [-0.2, -0.15) is 0 Å². The molecule has 0 aliphatic carbocycles. The molecule has 0 aliphatic rings. The third-order valence-corrected chi connectivity index (χ3v) is 4.20. The summed E-state index contributed by atoms with van der Waals surface area (Å²) in [6.45, 7) is 0. The van der Waals surface area contributed by atoms with Gasteiger partial charge in [-0.1, -0.05) is 12.1 Å². The number of methoxy groups -OCH3 is 1. The third kappa shape index (κ3) is 5.82. The van der Waals surface area contributed by atoms with E-state index in [4.69, 9.17) is 9.84 Å². The Morgan fingerprint density at radius 2 is 1.58 bits per heavy atom. The van der Waals surface area contributed by atoms with Crippen molar-refractivity contribution in [2.45, 2.75) is 0 Å². The first-order chi connectivity index (χ1) is 12.5. The molecule has 2 rings (SSSR count). The van der Waals surface area contributed by atoms with E-state index in [1.807, 2.05) is 0 Å². The van der Waals surface area contributed by atoms with Gasteiger partial charge >= 0.3 is 5.97 Å². The van der Waals surface area contributed by atoms with Crippen LogP contribution in [-0.4, -0.2) is 41.5 Å². The van der Waals surface area contributed by atoms with Gasteiger partial charge in [0, 0.05) is 5.69 Å². The number of ether oxygens (including phenoxy) is 1. The molecule has 0 atom stereocenters. The number of hydrogen-bond acceptors (Lipinski definition) is 5. The van der Waals surface area contributed by atoms with Crippen LogP contribution in [0.1, 0.15) is 10.4 Å². The first-order valence-electron chi connectivity index (χ1n) is 7.63. The number of anilines is 2. The number of nitrogens with one attached hydrogen (secondary N) is 2. The normalized spacial score (nSPS) is 10.0. The van der Waals surface area contributed by atoms with E-state index in [1.54, 1.807) is 24.3 Å².